The molecule has 1 fully saturated rings. The van der Waals surface area contributed by atoms with Crippen molar-refractivity contribution >= 4 is 11.2 Å². The first-order valence-corrected chi connectivity index (χ1v) is 5.38. The lowest BCUT2D eigenvalue weighted by molar-refractivity contribution is 0.0687. The van der Waals surface area contributed by atoms with E-state index in [0.717, 1.165) is 24.4 Å². The number of morpholine rings is 1. The number of pyridine rings is 1. The van der Waals surface area contributed by atoms with Gasteiger partial charge in [0.2, 0.25) is 5.89 Å². The number of hydrogen-bond donors (Lipinski definition) is 1. The molecule has 5 heteroatoms. The number of oxazole rings is 1. The molecule has 0 bridgehead atoms. The fraction of sp³-hybridized carbons (Fsp3) is 0.455. The molecule has 3 rings (SSSR count). The number of nitrogens with zero attached hydrogens (tertiary/aromatic N) is 2. The maximum atomic E-state index is 5.65. The van der Waals surface area contributed by atoms with Gasteiger partial charge in [0, 0.05) is 12.2 Å². The van der Waals surface area contributed by atoms with E-state index < -0.39 is 0 Å². The van der Waals surface area contributed by atoms with Crippen molar-refractivity contribution in [2.45, 2.75) is 13.0 Å². The van der Waals surface area contributed by atoms with Crippen LogP contribution in [0.2, 0.25) is 0 Å². The highest BCUT2D eigenvalue weighted by Crippen LogP contribution is 2.20. The molecule has 1 unspecified atom stereocenters. The van der Waals surface area contributed by atoms with Crippen molar-refractivity contribution in [3.05, 3.63) is 23.7 Å². The highest BCUT2D eigenvalue weighted by Gasteiger charge is 2.21. The van der Waals surface area contributed by atoms with Crippen molar-refractivity contribution in [1.29, 1.82) is 0 Å². The van der Waals surface area contributed by atoms with Gasteiger partial charge in [-0.15, -0.1) is 0 Å². The summed E-state index contributed by atoms with van der Waals surface area (Å²) >= 11 is 0. The summed E-state index contributed by atoms with van der Waals surface area (Å²) in [5, 5.41) is 3.30. The van der Waals surface area contributed by atoms with Crippen molar-refractivity contribution in [3.8, 4) is 0 Å². The Morgan fingerprint density at radius 1 is 1.38 bits per heavy atom. The predicted molar refractivity (Wildman–Crippen MR) is 58.1 cm³/mol. The van der Waals surface area contributed by atoms with Gasteiger partial charge in [-0.05, 0) is 19.1 Å². The third kappa shape index (κ3) is 1.68. The van der Waals surface area contributed by atoms with E-state index in [4.69, 9.17) is 9.15 Å². The minimum Gasteiger partial charge on any atom is -0.437 e. The van der Waals surface area contributed by atoms with Gasteiger partial charge in [0.1, 0.15) is 6.04 Å². The SMILES string of the molecule is Cc1ccc2oc(C3COCCN3)nc2n1. The molecule has 0 aliphatic carbocycles. The predicted octanol–water partition coefficient (Wildman–Crippen LogP) is 1.19. The van der Waals surface area contributed by atoms with E-state index in [0.29, 0.717) is 18.1 Å². The molecule has 2 aromatic heterocycles. The zero-order valence-electron chi connectivity index (χ0n) is 9.06. The Labute approximate surface area is 92.8 Å². The van der Waals surface area contributed by atoms with Gasteiger partial charge in [-0.25, -0.2) is 4.98 Å². The molecule has 0 amide bonds. The first-order chi connectivity index (χ1) is 7.83. The first-order valence-electron chi connectivity index (χ1n) is 5.38. The largest absolute Gasteiger partial charge is 0.437 e. The molecule has 0 saturated carbocycles. The molecule has 0 radical (unpaired) electrons. The monoisotopic (exact) mass is 219 g/mol. The van der Waals surface area contributed by atoms with Gasteiger partial charge < -0.3 is 14.5 Å². The second kappa shape index (κ2) is 3.84. The molecule has 1 aliphatic rings. The molecule has 0 aromatic carbocycles. The molecular weight excluding hydrogens is 206 g/mol. The van der Waals surface area contributed by atoms with E-state index >= 15 is 0 Å². The second-order valence-electron chi connectivity index (χ2n) is 3.91. The fourth-order valence-electron chi connectivity index (χ4n) is 1.80. The summed E-state index contributed by atoms with van der Waals surface area (Å²) in [7, 11) is 0. The molecule has 5 nitrogen and oxygen atoms in total. The molecule has 2 aromatic rings. The van der Waals surface area contributed by atoms with Crippen LogP contribution in [0.5, 0.6) is 0 Å². The fourth-order valence-corrected chi connectivity index (χ4v) is 1.80. The summed E-state index contributed by atoms with van der Waals surface area (Å²) in [5.74, 6) is 0.660. The maximum Gasteiger partial charge on any atom is 0.216 e. The molecule has 1 N–H and O–H groups in total. The van der Waals surface area contributed by atoms with Gasteiger partial charge in [0.15, 0.2) is 11.2 Å². The van der Waals surface area contributed by atoms with Crippen LogP contribution in [0.15, 0.2) is 16.5 Å². The van der Waals surface area contributed by atoms with Crippen molar-refractivity contribution in [1.82, 2.24) is 15.3 Å². The summed E-state index contributed by atoms with van der Waals surface area (Å²) in [6.45, 7) is 4.12. The Morgan fingerprint density at radius 2 is 2.31 bits per heavy atom. The quantitative estimate of drug-likeness (QED) is 0.780. The van der Waals surface area contributed by atoms with Crippen LogP contribution in [0.4, 0.5) is 0 Å². The standard InChI is InChI=1S/C11H13N3O2/c1-7-2-3-9-10(13-7)14-11(16-9)8-6-15-5-4-12-8/h2-3,8,12H,4-6H2,1H3. The number of ether oxygens (including phenoxy) is 1. The van der Waals surface area contributed by atoms with Crippen LogP contribution < -0.4 is 5.32 Å². The summed E-state index contributed by atoms with van der Waals surface area (Å²) < 4.78 is 11.0. The number of aryl methyl sites for hydroxylation is 1. The molecule has 1 atom stereocenters. The molecule has 1 saturated heterocycles. The van der Waals surface area contributed by atoms with Crippen molar-refractivity contribution < 1.29 is 9.15 Å². The lowest BCUT2D eigenvalue weighted by atomic mass is 10.3. The third-order valence-corrected chi connectivity index (χ3v) is 2.63. The molecule has 1 aliphatic heterocycles. The van der Waals surface area contributed by atoms with Gasteiger partial charge in [0.25, 0.3) is 0 Å². The minimum absolute atomic E-state index is 0.0447. The smallest absolute Gasteiger partial charge is 0.216 e. The number of fused-ring (bicyclic) bond motifs is 1. The normalized spacial score (nSPS) is 21.4. The van der Waals surface area contributed by atoms with Gasteiger partial charge in [0.05, 0.1) is 13.2 Å². The van der Waals surface area contributed by atoms with E-state index in [-0.39, 0.29) is 6.04 Å². The van der Waals surface area contributed by atoms with Gasteiger partial charge >= 0.3 is 0 Å². The van der Waals surface area contributed by atoms with Gasteiger partial charge in [-0.2, -0.15) is 4.98 Å². The summed E-state index contributed by atoms with van der Waals surface area (Å²) in [5.41, 5.74) is 2.34. The average Bonchev–Trinajstić information content (AvgIpc) is 2.73. The summed E-state index contributed by atoms with van der Waals surface area (Å²) in [4.78, 5) is 8.69. The summed E-state index contributed by atoms with van der Waals surface area (Å²) in [6.07, 6.45) is 0. The minimum atomic E-state index is 0.0447. The zero-order chi connectivity index (χ0) is 11.0. The van der Waals surface area contributed by atoms with E-state index in [1.807, 2.05) is 19.1 Å². The van der Waals surface area contributed by atoms with Gasteiger partial charge in [-0.3, -0.25) is 0 Å². The Morgan fingerprint density at radius 3 is 3.12 bits per heavy atom. The number of rotatable bonds is 1. The highest BCUT2D eigenvalue weighted by molar-refractivity contribution is 5.67. The lowest BCUT2D eigenvalue weighted by Crippen LogP contribution is -2.34. The van der Waals surface area contributed by atoms with Crippen LogP contribution in [-0.4, -0.2) is 29.7 Å². The van der Waals surface area contributed by atoms with Crippen molar-refractivity contribution in [3.63, 3.8) is 0 Å². The van der Waals surface area contributed by atoms with Gasteiger partial charge in [-0.1, -0.05) is 0 Å². The highest BCUT2D eigenvalue weighted by atomic mass is 16.5. The molecule has 3 heterocycles. The van der Waals surface area contributed by atoms with E-state index in [2.05, 4.69) is 15.3 Å². The van der Waals surface area contributed by atoms with Crippen LogP contribution >= 0.6 is 0 Å². The van der Waals surface area contributed by atoms with Crippen LogP contribution in [0.1, 0.15) is 17.6 Å². The van der Waals surface area contributed by atoms with E-state index in [1.165, 1.54) is 0 Å². The van der Waals surface area contributed by atoms with Crippen LogP contribution in [0, 0.1) is 6.92 Å². The Hall–Kier alpha value is -1.46. The second-order valence-corrected chi connectivity index (χ2v) is 3.91. The van der Waals surface area contributed by atoms with Crippen LogP contribution in [0.3, 0.4) is 0 Å². The number of aromatic nitrogens is 2. The maximum absolute atomic E-state index is 5.65. The summed E-state index contributed by atoms with van der Waals surface area (Å²) in [6, 6.07) is 3.86. The van der Waals surface area contributed by atoms with Crippen LogP contribution in [-0.2, 0) is 4.74 Å². The molecule has 84 valence electrons. The average molecular weight is 219 g/mol. The van der Waals surface area contributed by atoms with Crippen molar-refractivity contribution in [2.24, 2.45) is 0 Å². The Bertz CT molecular complexity index is 503. The van der Waals surface area contributed by atoms with E-state index in [1.54, 1.807) is 0 Å². The number of hydrogen-bond acceptors (Lipinski definition) is 5. The zero-order valence-corrected chi connectivity index (χ0v) is 9.06. The van der Waals surface area contributed by atoms with Crippen molar-refractivity contribution in [2.75, 3.05) is 19.8 Å². The van der Waals surface area contributed by atoms with E-state index in [9.17, 15) is 0 Å². The molecule has 0 spiro atoms. The first kappa shape index (κ1) is 9.74. The van der Waals surface area contributed by atoms with Crippen LogP contribution in [0.25, 0.3) is 11.2 Å². The third-order valence-electron chi connectivity index (χ3n) is 2.63. The Balaban J connectivity index is 1.97. The number of nitrogens with one attached hydrogen (secondary N) is 1. The lowest BCUT2D eigenvalue weighted by Gasteiger charge is -2.20. The molecular formula is C11H13N3O2. The molecule has 16 heavy (non-hydrogen) atoms. The Kier molecular flexibility index (Phi) is 2.34. The topological polar surface area (TPSA) is 60.2 Å².